The fourth-order valence-corrected chi connectivity index (χ4v) is 2.43. The number of carbonyl (C=O) groups is 1. The van der Waals surface area contributed by atoms with E-state index < -0.39 is 6.16 Å². The predicted molar refractivity (Wildman–Crippen MR) is 87.4 cm³/mol. The predicted octanol–water partition coefficient (Wildman–Crippen LogP) is 4.56. The summed E-state index contributed by atoms with van der Waals surface area (Å²) in [7, 11) is 0. The van der Waals surface area contributed by atoms with Crippen LogP contribution in [0.4, 0.5) is 4.79 Å². The van der Waals surface area contributed by atoms with E-state index >= 15 is 0 Å². The van der Waals surface area contributed by atoms with Gasteiger partial charge in [-0.15, -0.1) is 0 Å². The highest BCUT2D eigenvalue weighted by Crippen LogP contribution is 2.33. The Balaban J connectivity index is 2.18. The molecule has 23 heavy (non-hydrogen) atoms. The van der Waals surface area contributed by atoms with Crippen LogP contribution in [0.15, 0.2) is 54.9 Å². The summed E-state index contributed by atoms with van der Waals surface area (Å²) >= 11 is 6.26. The third-order valence-electron chi connectivity index (χ3n) is 3.32. The first kappa shape index (κ1) is 15.1. The van der Waals surface area contributed by atoms with Gasteiger partial charge in [-0.2, -0.15) is 0 Å². The normalized spacial score (nSPS) is 10.5. The fourth-order valence-electron chi connectivity index (χ4n) is 2.20. The molecule has 2 aromatic heterocycles. The van der Waals surface area contributed by atoms with Gasteiger partial charge in [-0.05, 0) is 25.1 Å². The molecule has 0 bridgehead atoms. The van der Waals surface area contributed by atoms with Crippen LogP contribution in [-0.4, -0.2) is 20.8 Å². The zero-order valence-electron chi connectivity index (χ0n) is 12.2. The Bertz CT molecular complexity index is 843. The number of benzene rings is 1. The molecule has 1 aromatic carbocycles. The standard InChI is InChI=1S/C17H13ClN2O3/c1-11-4-6-12(7-5-11)13-10-14(20-8-2-3-9-20)15(18)16(19-13)23-17(21)22/h2-10H,1H3,(H,21,22). The lowest BCUT2D eigenvalue weighted by Gasteiger charge is -2.12. The first-order valence-electron chi connectivity index (χ1n) is 6.86. The van der Waals surface area contributed by atoms with Crippen molar-refractivity contribution in [2.75, 3.05) is 0 Å². The van der Waals surface area contributed by atoms with Crippen molar-refractivity contribution in [3.05, 3.63) is 65.4 Å². The van der Waals surface area contributed by atoms with E-state index in [2.05, 4.69) is 4.98 Å². The van der Waals surface area contributed by atoms with Gasteiger partial charge in [-0.3, -0.25) is 0 Å². The Morgan fingerprint density at radius 3 is 2.48 bits per heavy atom. The maximum absolute atomic E-state index is 10.9. The summed E-state index contributed by atoms with van der Waals surface area (Å²) in [6.45, 7) is 1.99. The number of nitrogens with zero attached hydrogens (tertiary/aromatic N) is 2. The largest absolute Gasteiger partial charge is 0.512 e. The molecule has 0 aliphatic heterocycles. The Morgan fingerprint density at radius 2 is 1.87 bits per heavy atom. The van der Waals surface area contributed by atoms with Gasteiger partial charge in [-0.1, -0.05) is 41.4 Å². The molecule has 0 fully saturated rings. The molecule has 0 spiro atoms. The van der Waals surface area contributed by atoms with E-state index in [1.807, 2.05) is 55.7 Å². The van der Waals surface area contributed by atoms with Gasteiger partial charge < -0.3 is 14.4 Å². The monoisotopic (exact) mass is 328 g/mol. The summed E-state index contributed by atoms with van der Waals surface area (Å²) in [5.41, 5.74) is 3.14. The molecule has 0 unspecified atom stereocenters. The van der Waals surface area contributed by atoms with Crippen LogP contribution in [0, 0.1) is 6.92 Å². The maximum Gasteiger partial charge on any atom is 0.512 e. The Morgan fingerprint density at radius 1 is 1.22 bits per heavy atom. The minimum absolute atomic E-state index is 0.138. The van der Waals surface area contributed by atoms with Crippen LogP contribution in [0.5, 0.6) is 5.88 Å². The van der Waals surface area contributed by atoms with E-state index in [9.17, 15) is 4.79 Å². The second-order valence-electron chi connectivity index (χ2n) is 4.97. The van der Waals surface area contributed by atoms with E-state index in [4.69, 9.17) is 21.4 Å². The number of aromatic nitrogens is 2. The van der Waals surface area contributed by atoms with Gasteiger partial charge in [0.15, 0.2) is 0 Å². The molecule has 0 saturated heterocycles. The number of hydrogen-bond donors (Lipinski definition) is 1. The van der Waals surface area contributed by atoms with Crippen LogP contribution in [0.25, 0.3) is 16.9 Å². The molecule has 116 valence electrons. The average Bonchev–Trinajstić information content (AvgIpc) is 3.04. The second-order valence-corrected chi connectivity index (χ2v) is 5.35. The molecule has 0 aliphatic rings. The lowest BCUT2D eigenvalue weighted by Crippen LogP contribution is -2.07. The van der Waals surface area contributed by atoms with Crippen molar-refractivity contribution in [3.8, 4) is 22.8 Å². The van der Waals surface area contributed by atoms with Crippen LogP contribution in [0.3, 0.4) is 0 Å². The van der Waals surface area contributed by atoms with E-state index in [0.29, 0.717) is 11.4 Å². The SMILES string of the molecule is Cc1ccc(-c2cc(-n3cccc3)c(Cl)c(OC(=O)O)n2)cc1. The highest BCUT2D eigenvalue weighted by atomic mass is 35.5. The van der Waals surface area contributed by atoms with Crippen molar-refractivity contribution in [1.29, 1.82) is 0 Å². The molecular weight excluding hydrogens is 316 g/mol. The highest BCUT2D eigenvalue weighted by molar-refractivity contribution is 6.33. The number of rotatable bonds is 3. The molecule has 3 rings (SSSR count). The molecule has 5 nitrogen and oxygen atoms in total. The lowest BCUT2D eigenvalue weighted by atomic mass is 10.1. The van der Waals surface area contributed by atoms with Gasteiger partial charge in [0.2, 0.25) is 5.88 Å². The quantitative estimate of drug-likeness (QED) is 0.716. The third-order valence-corrected chi connectivity index (χ3v) is 3.68. The number of ether oxygens (including phenoxy) is 1. The Kier molecular flexibility index (Phi) is 4.04. The summed E-state index contributed by atoms with van der Waals surface area (Å²) < 4.78 is 6.50. The topological polar surface area (TPSA) is 64.3 Å². The molecule has 0 amide bonds. The van der Waals surface area contributed by atoms with Gasteiger partial charge in [0.25, 0.3) is 0 Å². The smallest absolute Gasteiger partial charge is 0.449 e. The minimum atomic E-state index is -1.46. The van der Waals surface area contributed by atoms with Crippen LogP contribution >= 0.6 is 11.6 Å². The van der Waals surface area contributed by atoms with Gasteiger partial charge in [-0.25, -0.2) is 9.78 Å². The molecular formula is C17H13ClN2O3. The number of halogens is 1. The summed E-state index contributed by atoms with van der Waals surface area (Å²) in [6.07, 6.45) is 2.16. The Hall–Kier alpha value is -2.79. The highest BCUT2D eigenvalue weighted by Gasteiger charge is 2.17. The van der Waals surface area contributed by atoms with Crippen LogP contribution < -0.4 is 4.74 Å². The molecule has 0 atom stereocenters. The van der Waals surface area contributed by atoms with Crippen molar-refractivity contribution in [1.82, 2.24) is 9.55 Å². The maximum atomic E-state index is 10.9. The van der Waals surface area contributed by atoms with E-state index in [-0.39, 0.29) is 10.9 Å². The van der Waals surface area contributed by atoms with Gasteiger partial charge in [0, 0.05) is 18.0 Å². The molecule has 3 aromatic rings. The van der Waals surface area contributed by atoms with E-state index in [1.54, 1.807) is 10.6 Å². The van der Waals surface area contributed by atoms with Crippen molar-refractivity contribution in [2.45, 2.75) is 6.92 Å². The lowest BCUT2D eigenvalue weighted by molar-refractivity contribution is 0.142. The first-order valence-corrected chi connectivity index (χ1v) is 7.24. The number of aryl methyl sites for hydroxylation is 1. The van der Waals surface area contributed by atoms with Crippen LogP contribution in [0.2, 0.25) is 5.02 Å². The minimum Gasteiger partial charge on any atom is -0.449 e. The molecule has 1 N–H and O–H groups in total. The summed E-state index contributed by atoms with van der Waals surface area (Å²) in [6, 6.07) is 13.2. The second kappa shape index (κ2) is 6.14. The van der Waals surface area contributed by atoms with Crippen molar-refractivity contribution in [2.24, 2.45) is 0 Å². The van der Waals surface area contributed by atoms with Crippen LogP contribution in [-0.2, 0) is 0 Å². The number of hydrogen-bond acceptors (Lipinski definition) is 3. The van der Waals surface area contributed by atoms with Crippen LogP contribution in [0.1, 0.15) is 5.56 Å². The fraction of sp³-hybridized carbons (Fsp3) is 0.0588. The third kappa shape index (κ3) is 3.19. The van der Waals surface area contributed by atoms with Crippen molar-refractivity contribution in [3.63, 3.8) is 0 Å². The van der Waals surface area contributed by atoms with E-state index in [1.165, 1.54) is 0 Å². The molecule has 0 saturated carbocycles. The van der Waals surface area contributed by atoms with E-state index in [0.717, 1.165) is 11.1 Å². The van der Waals surface area contributed by atoms with Crippen molar-refractivity contribution >= 4 is 17.8 Å². The molecule has 0 aliphatic carbocycles. The van der Waals surface area contributed by atoms with Gasteiger partial charge in [0.05, 0.1) is 11.4 Å². The zero-order chi connectivity index (χ0) is 16.4. The number of carboxylic acid groups (broad SMARTS) is 1. The van der Waals surface area contributed by atoms with Gasteiger partial charge >= 0.3 is 6.16 Å². The molecule has 6 heteroatoms. The average molecular weight is 329 g/mol. The molecule has 2 heterocycles. The summed E-state index contributed by atoms with van der Waals surface area (Å²) in [4.78, 5) is 15.1. The molecule has 0 radical (unpaired) electrons. The summed E-state index contributed by atoms with van der Waals surface area (Å²) in [5.74, 6) is -0.138. The van der Waals surface area contributed by atoms with Crippen molar-refractivity contribution < 1.29 is 14.6 Å². The zero-order valence-corrected chi connectivity index (χ0v) is 13.0. The Labute approximate surface area is 137 Å². The first-order chi connectivity index (χ1) is 11.0. The number of pyridine rings is 1. The van der Waals surface area contributed by atoms with Gasteiger partial charge in [0.1, 0.15) is 5.02 Å². The summed E-state index contributed by atoms with van der Waals surface area (Å²) in [5, 5.41) is 9.02.